The number of amides is 1. The van der Waals surface area contributed by atoms with E-state index in [1.165, 1.54) is 11.1 Å². The second kappa shape index (κ2) is 8.99. The zero-order chi connectivity index (χ0) is 20.1. The van der Waals surface area contributed by atoms with Crippen LogP contribution in [0.1, 0.15) is 39.5 Å². The van der Waals surface area contributed by atoms with Crippen LogP contribution in [0.4, 0.5) is 5.82 Å². The number of nitrogens with two attached hydrogens (primary N) is 1. The van der Waals surface area contributed by atoms with E-state index in [1.807, 2.05) is 0 Å². The molecule has 28 heavy (non-hydrogen) atoms. The van der Waals surface area contributed by atoms with Crippen molar-refractivity contribution < 1.29 is 9.53 Å². The zero-order valence-electron chi connectivity index (χ0n) is 16.5. The monoisotopic (exact) mass is 380 g/mol. The number of nitrogen functional groups attached to an aromatic ring is 1. The van der Waals surface area contributed by atoms with Crippen LogP contribution in [0.2, 0.25) is 0 Å². The van der Waals surface area contributed by atoms with Crippen LogP contribution < -0.4 is 16.4 Å². The van der Waals surface area contributed by atoms with Gasteiger partial charge >= 0.3 is 0 Å². The van der Waals surface area contributed by atoms with Gasteiger partial charge in [0.1, 0.15) is 5.82 Å². The number of benzene rings is 1. The molecular formula is C22H28N4O2. The number of pyridine rings is 1. The van der Waals surface area contributed by atoms with Crippen molar-refractivity contribution in [1.82, 2.24) is 15.6 Å². The van der Waals surface area contributed by atoms with Crippen LogP contribution in [0.3, 0.4) is 0 Å². The summed E-state index contributed by atoms with van der Waals surface area (Å²) in [5, 5.41) is 6.31. The van der Waals surface area contributed by atoms with Gasteiger partial charge in [-0.1, -0.05) is 37.8 Å². The largest absolute Gasteiger partial charge is 0.383 e. The molecule has 0 spiro atoms. The van der Waals surface area contributed by atoms with Gasteiger partial charge in [0.15, 0.2) is 0 Å². The molecule has 2 unspecified atom stereocenters. The van der Waals surface area contributed by atoms with Crippen LogP contribution in [0.15, 0.2) is 37.0 Å². The molecule has 2 aromatic rings. The summed E-state index contributed by atoms with van der Waals surface area (Å²) < 4.78 is 6.11. The van der Waals surface area contributed by atoms with Gasteiger partial charge in [-0.05, 0) is 41.7 Å². The first-order valence-corrected chi connectivity index (χ1v) is 9.61. The molecule has 1 amide bonds. The maximum atomic E-state index is 12.7. The predicted molar refractivity (Wildman–Crippen MR) is 112 cm³/mol. The van der Waals surface area contributed by atoms with Gasteiger partial charge in [-0.3, -0.25) is 4.79 Å². The number of hydrogen-bond donors (Lipinski definition) is 3. The van der Waals surface area contributed by atoms with Crippen LogP contribution in [-0.2, 0) is 17.8 Å². The van der Waals surface area contributed by atoms with Gasteiger partial charge in [-0.15, -0.1) is 0 Å². The maximum Gasteiger partial charge on any atom is 0.255 e. The van der Waals surface area contributed by atoms with E-state index in [-0.39, 0.29) is 23.9 Å². The van der Waals surface area contributed by atoms with Crippen molar-refractivity contribution in [2.45, 2.75) is 39.0 Å². The lowest BCUT2D eigenvalue weighted by Gasteiger charge is -2.21. The summed E-state index contributed by atoms with van der Waals surface area (Å²) in [6.07, 6.45) is 4.13. The molecule has 2 heterocycles. The summed E-state index contributed by atoms with van der Waals surface area (Å²) in [5.74, 6) is -0.0436. The number of ether oxygens (including phenoxy) is 1. The number of carbonyl (C=O) groups excluding carboxylic acids is 1. The smallest absolute Gasteiger partial charge is 0.255 e. The molecule has 2 atom stereocenters. The molecule has 1 aromatic heterocycles. The van der Waals surface area contributed by atoms with E-state index in [9.17, 15) is 4.79 Å². The van der Waals surface area contributed by atoms with Crippen molar-refractivity contribution in [3.05, 3.63) is 64.9 Å². The Bertz CT molecular complexity index is 866. The number of nitrogens with zero attached hydrogens (tertiary/aromatic N) is 1. The van der Waals surface area contributed by atoms with Crippen molar-refractivity contribution in [3.63, 3.8) is 0 Å². The first-order chi connectivity index (χ1) is 13.5. The van der Waals surface area contributed by atoms with Gasteiger partial charge in [-0.2, -0.15) is 0 Å². The summed E-state index contributed by atoms with van der Waals surface area (Å²) in [5.41, 5.74) is 10.8. The summed E-state index contributed by atoms with van der Waals surface area (Å²) in [6, 6.07) is 7.99. The second-order valence-electron chi connectivity index (χ2n) is 7.11. The van der Waals surface area contributed by atoms with Crippen molar-refractivity contribution in [2.24, 2.45) is 0 Å². The average Bonchev–Trinajstić information content (AvgIpc) is 3.14. The molecule has 1 fully saturated rings. The van der Waals surface area contributed by atoms with E-state index < -0.39 is 0 Å². The minimum absolute atomic E-state index is 0.105. The van der Waals surface area contributed by atoms with Crippen molar-refractivity contribution in [1.29, 1.82) is 0 Å². The molecule has 0 bridgehead atoms. The quantitative estimate of drug-likeness (QED) is 0.687. The van der Waals surface area contributed by atoms with E-state index >= 15 is 0 Å². The lowest BCUT2D eigenvalue weighted by molar-refractivity contribution is 0.0357. The number of nitrogens with one attached hydrogen (secondary N) is 2. The molecule has 6 heteroatoms. The Labute approximate surface area is 166 Å². The van der Waals surface area contributed by atoms with E-state index in [0.29, 0.717) is 25.3 Å². The molecule has 0 radical (unpaired) electrons. The van der Waals surface area contributed by atoms with Gasteiger partial charge in [0.05, 0.1) is 24.3 Å². The second-order valence-corrected chi connectivity index (χ2v) is 7.11. The molecule has 4 N–H and O–H groups in total. The minimum atomic E-state index is -0.250. The third kappa shape index (κ3) is 4.58. The van der Waals surface area contributed by atoms with Crippen LogP contribution in [-0.4, -0.2) is 36.1 Å². The SMILES string of the molecule is C=Cc1cnc(N)c(C(=O)NC2CNCC2OCc2ccc(C)c(CC)c2)c1. The number of hydrogen-bond acceptors (Lipinski definition) is 5. The summed E-state index contributed by atoms with van der Waals surface area (Å²) >= 11 is 0. The number of aryl methyl sites for hydroxylation is 2. The number of carbonyl (C=O) groups is 1. The maximum absolute atomic E-state index is 12.7. The fourth-order valence-corrected chi connectivity index (χ4v) is 3.40. The topological polar surface area (TPSA) is 89.3 Å². The highest BCUT2D eigenvalue weighted by molar-refractivity contribution is 5.99. The molecular weight excluding hydrogens is 352 g/mol. The fraction of sp³-hybridized carbons (Fsp3) is 0.364. The highest BCUT2D eigenvalue weighted by atomic mass is 16.5. The lowest BCUT2D eigenvalue weighted by Crippen LogP contribution is -2.44. The molecule has 1 aliphatic rings. The molecule has 1 saturated heterocycles. The molecule has 1 aliphatic heterocycles. The molecule has 3 rings (SSSR count). The Kier molecular flexibility index (Phi) is 6.44. The number of anilines is 1. The Morgan fingerprint density at radius 2 is 2.25 bits per heavy atom. The standard InChI is InChI=1S/C22H28N4O2/c1-4-15-9-18(21(23)25-10-15)22(27)26-19-11-24-12-20(19)28-13-16-7-6-14(3)17(5-2)8-16/h4,6-10,19-20,24H,1,5,11-13H2,2-3H3,(H2,23,25)(H,26,27). The van der Waals surface area contributed by atoms with Gasteiger partial charge in [0, 0.05) is 19.3 Å². The van der Waals surface area contributed by atoms with Crippen LogP contribution in [0, 0.1) is 6.92 Å². The van der Waals surface area contributed by atoms with Crippen LogP contribution >= 0.6 is 0 Å². The van der Waals surface area contributed by atoms with Crippen molar-refractivity contribution in [2.75, 3.05) is 18.8 Å². The normalized spacial score (nSPS) is 18.8. The summed E-state index contributed by atoms with van der Waals surface area (Å²) in [4.78, 5) is 16.7. The summed E-state index contributed by atoms with van der Waals surface area (Å²) in [7, 11) is 0. The first-order valence-electron chi connectivity index (χ1n) is 9.61. The Hall–Kier alpha value is -2.70. The van der Waals surface area contributed by atoms with Crippen molar-refractivity contribution in [3.8, 4) is 0 Å². The average molecular weight is 380 g/mol. The fourth-order valence-electron chi connectivity index (χ4n) is 3.40. The first kappa shape index (κ1) is 20.0. The van der Waals surface area contributed by atoms with Gasteiger partial charge in [-0.25, -0.2) is 4.98 Å². The zero-order valence-corrected chi connectivity index (χ0v) is 16.5. The van der Waals surface area contributed by atoms with Crippen LogP contribution in [0.25, 0.3) is 6.08 Å². The Balaban J connectivity index is 1.63. The molecule has 1 aromatic carbocycles. The third-order valence-corrected chi connectivity index (χ3v) is 5.15. The minimum Gasteiger partial charge on any atom is -0.383 e. The van der Waals surface area contributed by atoms with Gasteiger partial charge in [0.2, 0.25) is 0 Å². The number of aromatic nitrogens is 1. The number of rotatable bonds is 7. The van der Waals surface area contributed by atoms with E-state index in [2.05, 4.69) is 54.2 Å². The molecule has 0 aliphatic carbocycles. The lowest BCUT2D eigenvalue weighted by atomic mass is 10.0. The van der Waals surface area contributed by atoms with Gasteiger partial charge in [0.25, 0.3) is 5.91 Å². The highest BCUT2D eigenvalue weighted by Crippen LogP contribution is 2.16. The van der Waals surface area contributed by atoms with E-state index in [1.54, 1.807) is 18.3 Å². The van der Waals surface area contributed by atoms with Crippen molar-refractivity contribution >= 4 is 17.8 Å². The van der Waals surface area contributed by atoms with Crippen LogP contribution in [0.5, 0.6) is 0 Å². The molecule has 6 nitrogen and oxygen atoms in total. The predicted octanol–water partition coefficient (Wildman–Crippen LogP) is 2.46. The van der Waals surface area contributed by atoms with E-state index in [4.69, 9.17) is 10.5 Å². The molecule has 0 saturated carbocycles. The van der Waals surface area contributed by atoms with Gasteiger partial charge < -0.3 is 21.1 Å². The summed E-state index contributed by atoms with van der Waals surface area (Å²) in [6.45, 7) is 9.84. The molecule has 148 valence electrons. The highest BCUT2D eigenvalue weighted by Gasteiger charge is 2.30. The van der Waals surface area contributed by atoms with E-state index in [0.717, 1.165) is 17.5 Å². The Morgan fingerprint density at radius 3 is 3.00 bits per heavy atom. The Morgan fingerprint density at radius 1 is 1.43 bits per heavy atom. The third-order valence-electron chi connectivity index (χ3n) is 5.15.